The largest absolute Gasteiger partial charge is 0.508 e. The van der Waals surface area contributed by atoms with Gasteiger partial charge in [0.15, 0.2) is 0 Å². The number of aromatic nitrogens is 1. The summed E-state index contributed by atoms with van der Waals surface area (Å²) < 4.78 is 5.43. The molecular weight excluding hydrogens is 432 g/mol. The van der Waals surface area contributed by atoms with Crippen molar-refractivity contribution in [2.45, 2.75) is 32.4 Å². The smallest absolute Gasteiger partial charge is 0.295 e. The van der Waals surface area contributed by atoms with Gasteiger partial charge in [-0.05, 0) is 59.0 Å². The summed E-state index contributed by atoms with van der Waals surface area (Å²) in [7, 11) is 1.58. The van der Waals surface area contributed by atoms with Crippen LogP contribution < -0.4 is 4.74 Å². The fourth-order valence-electron chi connectivity index (χ4n) is 4.26. The van der Waals surface area contributed by atoms with Crippen molar-refractivity contribution in [2.75, 3.05) is 7.11 Å². The highest BCUT2D eigenvalue weighted by atomic mass is 16.5. The minimum Gasteiger partial charge on any atom is -0.508 e. The molecule has 2 N–H and O–H groups in total. The number of Topliss-reactive ketones (excluding diaryl/α,β-unsaturated/α-hetero) is 1. The molecule has 1 atom stereocenters. The number of phenolic OH excluding ortho intramolecular Hbond substituents is 1. The van der Waals surface area contributed by atoms with Crippen LogP contribution in [0.15, 0.2) is 72.6 Å². The van der Waals surface area contributed by atoms with Gasteiger partial charge in [0.1, 0.15) is 17.3 Å². The first kappa shape index (κ1) is 23.0. The number of likely N-dealkylation sites (tertiary alicyclic amines) is 1. The van der Waals surface area contributed by atoms with E-state index in [0.717, 1.165) is 11.1 Å². The van der Waals surface area contributed by atoms with Crippen molar-refractivity contribution in [1.82, 2.24) is 9.88 Å². The number of aliphatic hydroxyl groups excluding tert-OH is 1. The summed E-state index contributed by atoms with van der Waals surface area (Å²) in [6.45, 7) is 4.12. The van der Waals surface area contributed by atoms with Crippen molar-refractivity contribution in [3.05, 3.63) is 94.8 Å². The summed E-state index contributed by atoms with van der Waals surface area (Å²) in [5, 5.41) is 21.4. The Hall–Kier alpha value is -4.13. The zero-order valence-corrected chi connectivity index (χ0v) is 19.2. The number of ether oxygens (including phenoxy) is 1. The maximum absolute atomic E-state index is 13.2. The summed E-state index contributed by atoms with van der Waals surface area (Å²) in [6.07, 6.45) is 3.25. The molecule has 34 heavy (non-hydrogen) atoms. The summed E-state index contributed by atoms with van der Waals surface area (Å²) in [5.74, 6) is -1.00. The third-order valence-electron chi connectivity index (χ3n) is 5.93. The lowest BCUT2D eigenvalue weighted by atomic mass is 9.93. The van der Waals surface area contributed by atoms with E-state index in [4.69, 9.17) is 4.74 Å². The van der Waals surface area contributed by atoms with Crippen LogP contribution in [0.1, 0.15) is 48.1 Å². The lowest BCUT2D eigenvalue weighted by Crippen LogP contribution is -2.29. The Bertz CT molecular complexity index is 1270. The van der Waals surface area contributed by atoms with Crippen molar-refractivity contribution in [1.29, 1.82) is 0 Å². The number of nitrogens with zero attached hydrogens (tertiary/aromatic N) is 2. The molecule has 7 nitrogen and oxygen atoms in total. The van der Waals surface area contributed by atoms with E-state index in [9.17, 15) is 19.8 Å². The van der Waals surface area contributed by atoms with Gasteiger partial charge in [0.2, 0.25) is 0 Å². The van der Waals surface area contributed by atoms with Crippen LogP contribution in [0.4, 0.5) is 0 Å². The number of ketones is 1. The van der Waals surface area contributed by atoms with Crippen molar-refractivity contribution in [3.63, 3.8) is 0 Å². The molecular formula is C27H26N2O5. The number of methoxy groups -OCH3 is 1. The van der Waals surface area contributed by atoms with Crippen LogP contribution in [-0.4, -0.2) is 38.9 Å². The number of phenols is 1. The molecule has 1 aliphatic heterocycles. The van der Waals surface area contributed by atoms with Gasteiger partial charge in [-0.2, -0.15) is 0 Å². The van der Waals surface area contributed by atoms with Gasteiger partial charge in [-0.25, -0.2) is 0 Å². The third-order valence-corrected chi connectivity index (χ3v) is 5.93. The molecule has 0 spiro atoms. The molecule has 1 aromatic heterocycles. The molecule has 3 aromatic rings. The van der Waals surface area contributed by atoms with Gasteiger partial charge >= 0.3 is 0 Å². The maximum atomic E-state index is 13.2. The Morgan fingerprint density at radius 1 is 1.12 bits per heavy atom. The van der Waals surface area contributed by atoms with E-state index < -0.39 is 17.7 Å². The van der Waals surface area contributed by atoms with Crippen molar-refractivity contribution < 1.29 is 24.5 Å². The lowest BCUT2D eigenvalue weighted by Gasteiger charge is -2.25. The van der Waals surface area contributed by atoms with E-state index in [1.807, 2.05) is 19.9 Å². The predicted molar refractivity (Wildman–Crippen MR) is 127 cm³/mol. The van der Waals surface area contributed by atoms with E-state index in [1.54, 1.807) is 55.9 Å². The fourth-order valence-corrected chi connectivity index (χ4v) is 4.26. The van der Waals surface area contributed by atoms with Gasteiger partial charge in [0, 0.05) is 24.5 Å². The Labute approximate surface area is 198 Å². The van der Waals surface area contributed by atoms with E-state index in [-0.39, 0.29) is 29.5 Å². The van der Waals surface area contributed by atoms with Crippen LogP contribution in [0.3, 0.4) is 0 Å². The Morgan fingerprint density at radius 2 is 1.91 bits per heavy atom. The SMILES string of the molecule is COc1ccc(/C(O)=C2/C(=O)C(=O)N(Cc3cccnc3)C2c2cccc(O)c2)cc1C(C)C. The molecule has 174 valence electrons. The molecule has 1 aliphatic rings. The first-order chi connectivity index (χ1) is 16.3. The van der Waals surface area contributed by atoms with Crippen LogP contribution in [0, 0.1) is 0 Å². The van der Waals surface area contributed by atoms with E-state index >= 15 is 0 Å². The minimum atomic E-state index is -0.878. The van der Waals surface area contributed by atoms with Crippen LogP contribution in [0.5, 0.6) is 11.5 Å². The number of aliphatic hydroxyl groups is 1. The summed E-state index contributed by atoms with van der Waals surface area (Å²) >= 11 is 0. The number of carbonyl (C=O) groups excluding carboxylic acids is 2. The van der Waals surface area contributed by atoms with E-state index in [0.29, 0.717) is 16.9 Å². The zero-order valence-electron chi connectivity index (χ0n) is 19.2. The zero-order chi connectivity index (χ0) is 24.4. The van der Waals surface area contributed by atoms with Gasteiger partial charge in [-0.1, -0.05) is 32.0 Å². The number of pyridine rings is 1. The third kappa shape index (κ3) is 4.24. The Morgan fingerprint density at radius 3 is 2.56 bits per heavy atom. The second kappa shape index (κ2) is 9.39. The average Bonchev–Trinajstić information content (AvgIpc) is 3.08. The number of carbonyl (C=O) groups is 2. The monoisotopic (exact) mass is 458 g/mol. The summed E-state index contributed by atoms with van der Waals surface area (Å²) in [4.78, 5) is 31.8. The molecule has 1 amide bonds. The van der Waals surface area contributed by atoms with Gasteiger partial charge in [0.25, 0.3) is 11.7 Å². The van der Waals surface area contributed by atoms with Crippen molar-refractivity contribution in [2.24, 2.45) is 0 Å². The Kier molecular flexibility index (Phi) is 6.36. The molecule has 0 radical (unpaired) electrons. The molecule has 0 bridgehead atoms. The molecule has 1 fully saturated rings. The predicted octanol–water partition coefficient (Wildman–Crippen LogP) is 4.54. The molecule has 0 aliphatic carbocycles. The number of amides is 1. The van der Waals surface area contributed by atoms with E-state index in [1.165, 1.54) is 17.0 Å². The second-order valence-electron chi connectivity index (χ2n) is 8.49. The molecule has 2 heterocycles. The van der Waals surface area contributed by atoms with Crippen LogP contribution in [0.25, 0.3) is 5.76 Å². The number of rotatable bonds is 6. The first-order valence-electron chi connectivity index (χ1n) is 11.0. The van der Waals surface area contributed by atoms with Crippen LogP contribution >= 0.6 is 0 Å². The number of hydrogen-bond donors (Lipinski definition) is 2. The Balaban J connectivity index is 1.89. The molecule has 1 saturated heterocycles. The number of benzene rings is 2. The van der Waals surface area contributed by atoms with Crippen molar-refractivity contribution in [3.8, 4) is 11.5 Å². The molecule has 2 aromatic carbocycles. The topological polar surface area (TPSA) is 100.0 Å². The average molecular weight is 459 g/mol. The maximum Gasteiger partial charge on any atom is 0.295 e. The lowest BCUT2D eigenvalue weighted by molar-refractivity contribution is -0.140. The summed E-state index contributed by atoms with van der Waals surface area (Å²) in [6, 6.07) is 14.2. The fraction of sp³-hybridized carbons (Fsp3) is 0.222. The first-order valence-corrected chi connectivity index (χ1v) is 11.0. The van der Waals surface area contributed by atoms with E-state index in [2.05, 4.69) is 4.98 Å². The molecule has 1 unspecified atom stereocenters. The van der Waals surface area contributed by atoms with Gasteiger partial charge in [-0.3, -0.25) is 14.6 Å². The quantitative estimate of drug-likeness (QED) is 0.320. The number of aromatic hydroxyl groups is 1. The highest BCUT2D eigenvalue weighted by molar-refractivity contribution is 6.46. The number of hydrogen-bond acceptors (Lipinski definition) is 6. The van der Waals surface area contributed by atoms with Crippen molar-refractivity contribution >= 4 is 17.4 Å². The molecule has 0 saturated carbocycles. The van der Waals surface area contributed by atoms with Crippen LogP contribution in [0.2, 0.25) is 0 Å². The van der Waals surface area contributed by atoms with Gasteiger partial charge in [0.05, 0.1) is 18.7 Å². The van der Waals surface area contributed by atoms with Gasteiger partial charge < -0.3 is 19.8 Å². The van der Waals surface area contributed by atoms with Gasteiger partial charge in [-0.15, -0.1) is 0 Å². The second-order valence-corrected chi connectivity index (χ2v) is 8.49. The standard InChI is InChI=1S/C27H26N2O5/c1-16(2)21-13-19(9-10-22(21)34-3)25(31)23-24(18-7-4-8-20(30)12-18)29(27(33)26(23)32)15-17-6-5-11-28-14-17/h4-14,16,24,30-31H,15H2,1-3H3/b25-23-. The normalized spacial score (nSPS) is 17.4. The highest BCUT2D eigenvalue weighted by Crippen LogP contribution is 2.41. The summed E-state index contributed by atoms with van der Waals surface area (Å²) in [5.41, 5.74) is 2.50. The highest BCUT2D eigenvalue weighted by Gasteiger charge is 2.46. The van der Waals surface area contributed by atoms with Crippen LogP contribution in [-0.2, 0) is 16.1 Å². The molecule has 7 heteroatoms. The molecule has 4 rings (SSSR count). The minimum absolute atomic E-state index is 0.00370.